The average Bonchev–Trinajstić information content (AvgIpc) is 2.59. The predicted octanol–water partition coefficient (Wildman–Crippen LogP) is 3.19. The number of benzene rings is 2. The van der Waals surface area contributed by atoms with Crippen LogP contribution in [0.5, 0.6) is 0 Å². The maximum absolute atomic E-state index is 12.3. The number of Topliss-reactive ketones (excluding diaryl/α,β-unsaturated/α-hetero) is 1. The van der Waals surface area contributed by atoms with E-state index in [-0.39, 0.29) is 10.7 Å². The molecule has 4 nitrogen and oxygen atoms in total. The molecule has 0 aliphatic rings. The van der Waals surface area contributed by atoms with Crippen LogP contribution in [0.4, 0.5) is 0 Å². The van der Waals surface area contributed by atoms with Crippen molar-refractivity contribution in [3.63, 3.8) is 0 Å². The van der Waals surface area contributed by atoms with Crippen molar-refractivity contribution in [1.82, 2.24) is 4.72 Å². The van der Waals surface area contributed by atoms with Crippen molar-refractivity contribution < 1.29 is 13.2 Å². The molecular formula is C18H21NO3S. The maximum atomic E-state index is 12.3. The van der Waals surface area contributed by atoms with Crippen molar-refractivity contribution >= 4 is 15.8 Å². The van der Waals surface area contributed by atoms with E-state index in [4.69, 9.17) is 0 Å². The molecule has 0 atom stereocenters. The van der Waals surface area contributed by atoms with E-state index in [1.54, 1.807) is 19.1 Å². The van der Waals surface area contributed by atoms with Crippen LogP contribution in [0.2, 0.25) is 0 Å². The molecule has 0 heterocycles. The van der Waals surface area contributed by atoms with E-state index in [0.717, 1.165) is 12.8 Å². The molecule has 0 fully saturated rings. The summed E-state index contributed by atoms with van der Waals surface area (Å²) in [5.74, 6) is -0.0638. The summed E-state index contributed by atoms with van der Waals surface area (Å²) < 4.78 is 27.2. The lowest BCUT2D eigenvalue weighted by atomic mass is 10.1. The molecule has 23 heavy (non-hydrogen) atoms. The molecule has 122 valence electrons. The second-order valence-electron chi connectivity index (χ2n) is 5.29. The van der Waals surface area contributed by atoms with E-state index < -0.39 is 10.0 Å². The Morgan fingerprint density at radius 3 is 2.48 bits per heavy atom. The van der Waals surface area contributed by atoms with Crippen LogP contribution < -0.4 is 4.72 Å². The van der Waals surface area contributed by atoms with E-state index in [1.807, 2.05) is 30.3 Å². The number of carbonyl (C=O) groups excluding carboxylic acids is 1. The Kier molecular flexibility index (Phi) is 6.07. The van der Waals surface area contributed by atoms with Crippen molar-refractivity contribution in [2.24, 2.45) is 0 Å². The first kappa shape index (κ1) is 17.4. The molecule has 2 aromatic rings. The fraction of sp³-hybridized carbons (Fsp3) is 0.278. The third-order valence-corrected chi connectivity index (χ3v) is 5.02. The normalized spacial score (nSPS) is 11.3. The minimum Gasteiger partial charge on any atom is -0.294 e. The van der Waals surface area contributed by atoms with Gasteiger partial charge in [-0.25, -0.2) is 13.1 Å². The SMILES string of the molecule is CCC(=O)c1cccc(S(=O)(=O)NCCCc2ccccc2)c1. The average molecular weight is 331 g/mol. The van der Waals surface area contributed by atoms with E-state index >= 15 is 0 Å². The zero-order valence-electron chi connectivity index (χ0n) is 13.2. The Hall–Kier alpha value is -1.98. The Bertz CT molecular complexity index is 755. The number of hydrogen-bond donors (Lipinski definition) is 1. The standard InChI is InChI=1S/C18H21NO3S/c1-2-18(20)16-11-6-12-17(14-16)23(21,22)19-13-7-10-15-8-4-3-5-9-15/h3-6,8-9,11-12,14,19H,2,7,10,13H2,1H3. The molecular weight excluding hydrogens is 310 g/mol. The fourth-order valence-electron chi connectivity index (χ4n) is 2.27. The van der Waals surface area contributed by atoms with E-state index in [0.29, 0.717) is 18.5 Å². The van der Waals surface area contributed by atoms with E-state index in [2.05, 4.69) is 4.72 Å². The first-order valence-electron chi connectivity index (χ1n) is 7.70. The highest BCUT2D eigenvalue weighted by Gasteiger charge is 2.15. The van der Waals surface area contributed by atoms with Crippen LogP contribution in [0.25, 0.3) is 0 Å². The molecule has 1 N–H and O–H groups in total. The van der Waals surface area contributed by atoms with Gasteiger partial charge in [0, 0.05) is 18.5 Å². The van der Waals surface area contributed by atoms with Gasteiger partial charge >= 0.3 is 0 Å². The second-order valence-corrected chi connectivity index (χ2v) is 7.06. The van der Waals surface area contributed by atoms with Crippen molar-refractivity contribution in [2.45, 2.75) is 31.1 Å². The van der Waals surface area contributed by atoms with Crippen molar-refractivity contribution in [2.75, 3.05) is 6.54 Å². The lowest BCUT2D eigenvalue weighted by Crippen LogP contribution is -2.25. The molecule has 2 rings (SSSR count). The van der Waals surface area contributed by atoms with Crippen molar-refractivity contribution in [3.05, 3.63) is 65.7 Å². The Labute approximate surface area is 137 Å². The van der Waals surface area contributed by atoms with Gasteiger partial charge < -0.3 is 0 Å². The molecule has 0 aliphatic carbocycles. The topological polar surface area (TPSA) is 63.2 Å². The number of rotatable bonds is 8. The summed E-state index contributed by atoms with van der Waals surface area (Å²) in [4.78, 5) is 11.8. The smallest absolute Gasteiger partial charge is 0.240 e. The van der Waals surface area contributed by atoms with Gasteiger partial charge in [-0.3, -0.25) is 4.79 Å². The lowest BCUT2D eigenvalue weighted by molar-refractivity contribution is 0.0988. The van der Waals surface area contributed by atoms with Crippen LogP contribution in [0, 0.1) is 0 Å². The molecule has 0 aromatic heterocycles. The summed E-state index contributed by atoms with van der Waals surface area (Å²) in [5.41, 5.74) is 1.61. The minimum atomic E-state index is -3.58. The molecule has 2 aromatic carbocycles. The highest BCUT2D eigenvalue weighted by atomic mass is 32.2. The van der Waals surface area contributed by atoms with Gasteiger partial charge in [-0.15, -0.1) is 0 Å². The van der Waals surface area contributed by atoms with Gasteiger partial charge in [-0.05, 0) is 30.5 Å². The van der Waals surface area contributed by atoms with E-state index in [9.17, 15) is 13.2 Å². The molecule has 0 unspecified atom stereocenters. The molecule has 0 saturated heterocycles. The molecule has 0 spiro atoms. The molecule has 0 amide bonds. The molecule has 0 bridgehead atoms. The van der Waals surface area contributed by atoms with Gasteiger partial charge in [0.05, 0.1) is 4.90 Å². The van der Waals surface area contributed by atoms with Crippen LogP contribution in [0.15, 0.2) is 59.5 Å². The number of carbonyl (C=O) groups is 1. The molecule has 5 heteroatoms. The third kappa shape index (κ3) is 5.01. The number of hydrogen-bond acceptors (Lipinski definition) is 3. The Morgan fingerprint density at radius 2 is 1.78 bits per heavy atom. The van der Waals surface area contributed by atoms with Gasteiger partial charge in [0.15, 0.2) is 5.78 Å². The Balaban J connectivity index is 1.95. The summed E-state index contributed by atoms with van der Waals surface area (Å²) in [6.07, 6.45) is 1.89. The van der Waals surface area contributed by atoms with Crippen LogP contribution in [0.3, 0.4) is 0 Å². The van der Waals surface area contributed by atoms with E-state index in [1.165, 1.54) is 17.7 Å². The summed E-state index contributed by atoms with van der Waals surface area (Å²) in [6.45, 7) is 2.12. The molecule has 0 aliphatic heterocycles. The van der Waals surface area contributed by atoms with Gasteiger partial charge in [-0.1, -0.05) is 49.4 Å². The first-order valence-corrected chi connectivity index (χ1v) is 9.18. The summed E-state index contributed by atoms with van der Waals surface area (Å²) in [6, 6.07) is 16.1. The molecule has 0 saturated carbocycles. The van der Waals surface area contributed by atoms with Gasteiger partial charge in [0.25, 0.3) is 0 Å². The third-order valence-electron chi connectivity index (χ3n) is 3.56. The van der Waals surface area contributed by atoms with Crippen LogP contribution in [-0.2, 0) is 16.4 Å². The highest BCUT2D eigenvalue weighted by molar-refractivity contribution is 7.89. The highest BCUT2D eigenvalue weighted by Crippen LogP contribution is 2.13. The summed E-state index contributed by atoms with van der Waals surface area (Å²) in [5, 5.41) is 0. The monoisotopic (exact) mass is 331 g/mol. The quantitative estimate of drug-likeness (QED) is 0.597. The number of ketones is 1. The number of aryl methyl sites for hydroxylation is 1. The maximum Gasteiger partial charge on any atom is 0.240 e. The lowest BCUT2D eigenvalue weighted by Gasteiger charge is -2.08. The van der Waals surface area contributed by atoms with Gasteiger partial charge in [0.2, 0.25) is 10.0 Å². The van der Waals surface area contributed by atoms with Gasteiger partial charge in [-0.2, -0.15) is 0 Å². The Morgan fingerprint density at radius 1 is 1.04 bits per heavy atom. The summed E-state index contributed by atoms with van der Waals surface area (Å²) >= 11 is 0. The minimum absolute atomic E-state index is 0.0638. The van der Waals surface area contributed by atoms with Crippen molar-refractivity contribution in [1.29, 1.82) is 0 Å². The van der Waals surface area contributed by atoms with Crippen LogP contribution >= 0.6 is 0 Å². The van der Waals surface area contributed by atoms with Crippen molar-refractivity contribution in [3.8, 4) is 0 Å². The van der Waals surface area contributed by atoms with Crippen LogP contribution in [0.1, 0.15) is 35.7 Å². The van der Waals surface area contributed by atoms with Crippen LogP contribution in [-0.4, -0.2) is 20.7 Å². The first-order chi connectivity index (χ1) is 11.0. The largest absolute Gasteiger partial charge is 0.294 e. The fourth-order valence-corrected chi connectivity index (χ4v) is 3.39. The zero-order chi connectivity index (χ0) is 16.7. The molecule has 0 radical (unpaired) electrons. The summed E-state index contributed by atoms with van der Waals surface area (Å²) in [7, 11) is -3.58. The van der Waals surface area contributed by atoms with Gasteiger partial charge in [0.1, 0.15) is 0 Å². The number of sulfonamides is 1. The zero-order valence-corrected chi connectivity index (χ0v) is 14.0. The predicted molar refractivity (Wildman–Crippen MR) is 91.0 cm³/mol. The second kappa shape index (κ2) is 8.04. The number of nitrogens with one attached hydrogen (secondary N) is 1.